The molecule has 0 bridgehead atoms. The highest BCUT2D eigenvalue weighted by molar-refractivity contribution is 7.84. The minimum atomic E-state index is -0.650. The van der Waals surface area contributed by atoms with Crippen molar-refractivity contribution in [3.63, 3.8) is 0 Å². The molecular formula is C11H18N2OS. The summed E-state index contributed by atoms with van der Waals surface area (Å²) >= 11 is 0. The molecule has 1 unspecified atom stereocenters. The van der Waals surface area contributed by atoms with Crippen LogP contribution in [0.5, 0.6) is 0 Å². The van der Waals surface area contributed by atoms with Crippen molar-refractivity contribution in [2.45, 2.75) is 13.3 Å². The second-order valence-corrected chi connectivity index (χ2v) is 5.16. The minimum absolute atomic E-state index is 0.650. The molecular weight excluding hydrogens is 208 g/mol. The Morgan fingerprint density at radius 3 is 3.00 bits per heavy atom. The van der Waals surface area contributed by atoms with Gasteiger partial charge in [0.25, 0.3) is 0 Å². The van der Waals surface area contributed by atoms with Gasteiger partial charge in [0.2, 0.25) is 0 Å². The first-order chi connectivity index (χ1) is 7.33. The second kappa shape index (κ2) is 7.54. The van der Waals surface area contributed by atoms with Gasteiger partial charge in [0.05, 0.1) is 0 Å². The lowest BCUT2D eigenvalue weighted by atomic mass is 10.2. The van der Waals surface area contributed by atoms with Gasteiger partial charge in [0.15, 0.2) is 0 Å². The Kier molecular flexibility index (Phi) is 6.20. The van der Waals surface area contributed by atoms with E-state index in [0.29, 0.717) is 0 Å². The second-order valence-electron chi connectivity index (χ2n) is 3.29. The summed E-state index contributed by atoms with van der Waals surface area (Å²) in [6.45, 7) is 3.71. The van der Waals surface area contributed by atoms with E-state index in [1.165, 1.54) is 5.56 Å². The molecule has 0 aliphatic carbocycles. The Labute approximate surface area is 93.8 Å². The fourth-order valence-corrected chi connectivity index (χ4v) is 1.89. The van der Waals surface area contributed by atoms with Crippen LogP contribution in [0.1, 0.15) is 12.5 Å². The van der Waals surface area contributed by atoms with Gasteiger partial charge < -0.3 is 5.32 Å². The van der Waals surface area contributed by atoms with Gasteiger partial charge in [-0.3, -0.25) is 9.19 Å². The van der Waals surface area contributed by atoms with E-state index in [4.69, 9.17) is 0 Å². The van der Waals surface area contributed by atoms with E-state index in [1.807, 2.05) is 19.2 Å². The summed E-state index contributed by atoms with van der Waals surface area (Å²) in [6.07, 6.45) is 4.64. The van der Waals surface area contributed by atoms with Crippen molar-refractivity contribution in [3.05, 3.63) is 30.1 Å². The van der Waals surface area contributed by atoms with E-state index < -0.39 is 10.8 Å². The van der Waals surface area contributed by atoms with Gasteiger partial charge in [-0.2, -0.15) is 0 Å². The van der Waals surface area contributed by atoms with Crippen LogP contribution in [0.3, 0.4) is 0 Å². The highest BCUT2D eigenvalue weighted by Crippen LogP contribution is 1.95. The van der Waals surface area contributed by atoms with Crippen LogP contribution in [0.25, 0.3) is 0 Å². The van der Waals surface area contributed by atoms with Gasteiger partial charge in [-0.15, -0.1) is 0 Å². The highest BCUT2D eigenvalue weighted by atomic mass is 32.2. The zero-order chi connectivity index (χ0) is 10.9. The lowest BCUT2D eigenvalue weighted by molar-refractivity contribution is 0.673. The number of nitrogens with one attached hydrogen (secondary N) is 1. The average Bonchev–Trinajstić information content (AvgIpc) is 2.29. The maximum Gasteiger partial charge on any atom is 0.0359 e. The molecule has 0 amide bonds. The van der Waals surface area contributed by atoms with Crippen LogP contribution in [0.4, 0.5) is 0 Å². The molecule has 1 atom stereocenters. The van der Waals surface area contributed by atoms with E-state index in [0.717, 1.165) is 31.0 Å². The molecule has 1 N–H and O–H groups in total. The zero-order valence-electron chi connectivity index (χ0n) is 9.11. The van der Waals surface area contributed by atoms with Crippen LogP contribution in [0, 0.1) is 0 Å². The molecule has 1 aromatic rings. The van der Waals surface area contributed by atoms with Crippen molar-refractivity contribution in [1.82, 2.24) is 10.3 Å². The van der Waals surface area contributed by atoms with Crippen LogP contribution >= 0.6 is 0 Å². The Bertz CT molecular complexity index is 290. The molecule has 1 heterocycles. The van der Waals surface area contributed by atoms with Crippen molar-refractivity contribution in [2.75, 3.05) is 24.6 Å². The van der Waals surface area contributed by atoms with Crippen LogP contribution in [0.2, 0.25) is 0 Å². The fraction of sp³-hybridized carbons (Fsp3) is 0.545. The molecule has 0 aliphatic rings. The van der Waals surface area contributed by atoms with Gasteiger partial charge in [-0.1, -0.05) is 13.0 Å². The summed E-state index contributed by atoms with van der Waals surface area (Å²) < 4.78 is 11.1. The molecule has 84 valence electrons. The predicted octanol–water partition coefficient (Wildman–Crippen LogP) is 0.982. The Morgan fingerprint density at radius 1 is 1.47 bits per heavy atom. The van der Waals surface area contributed by atoms with Crippen molar-refractivity contribution >= 4 is 10.8 Å². The number of pyridine rings is 1. The Morgan fingerprint density at radius 2 is 2.33 bits per heavy atom. The van der Waals surface area contributed by atoms with Crippen LogP contribution in [-0.4, -0.2) is 33.8 Å². The summed E-state index contributed by atoms with van der Waals surface area (Å²) in [6, 6.07) is 4.01. The van der Waals surface area contributed by atoms with Crippen LogP contribution in [-0.2, 0) is 17.2 Å². The number of hydrogen-bond acceptors (Lipinski definition) is 3. The van der Waals surface area contributed by atoms with Gasteiger partial charge in [-0.25, -0.2) is 0 Å². The third kappa shape index (κ3) is 5.64. The molecule has 0 spiro atoms. The number of nitrogens with zero attached hydrogens (tertiary/aromatic N) is 1. The molecule has 3 nitrogen and oxygen atoms in total. The highest BCUT2D eigenvalue weighted by Gasteiger charge is 1.95. The van der Waals surface area contributed by atoms with E-state index in [1.54, 1.807) is 6.20 Å². The monoisotopic (exact) mass is 226 g/mol. The third-order valence-electron chi connectivity index (χ3n) is 2.14. The molecule has 0 saturated heterocycles. The lowest BCUT2D eigenvalue weighted by Gasteiger charge is -2.03. The normalized spacial score (nSPS) is 12.6. The summed E-state index contributed by atoms with van der Waals surface area (Å²) in [4.78, 5) is 4.05. The maximum absolute atomic E-state index is 11.1. The molecule has 0 saturated carbocycles. The molecule has 0 aromatic carbocycles. The Hall–Kier alpha value is -0.740. The lowest BCUT2D eigenvalue weighted by Crippen LogP contribution is -2.23. The number of hydrogen-bond donors (Lipinski definition) is 1. The minimum Gasteiger partial charge on any atom is -0.315 e. The van der Waals surface area contributed by atoms with Gasteiger partial charge >= 0.3 is 0 Å². The van der Waals surface area contributed by atoms with E-state index in [-0.39, 0.29) is 0 Å². The van der Waals surface area contributed by atoms with Crippen LogP contribution < -0.4 is 5.32 Å². The standard InChI is InChI=1S/C11H18N2OS/c1-2-15(14)9-8-12-7-5-11-4-3-6-13-10-11/h3-4,6,10,12H,2,5,7-9H2,1H3. The first kappa shape index (κ1) is 12.3. The van der Waals surface area contributed by atoms with Crippen molar-refractivity contribution < 1.29 is 4.21 Å². The SMILES string of the molecule is CCS(=O)CCNCCc1cccnc1. The topological polar surface area (TPSA) is 42.0 Å². The molecule has 0 radical (unpaired) electrons. The van der Waals surface area contributed by atoms with Gasteiger partial charge in [-0.05, 0) is 24.6 Å². The molecule has 0 fully saturated rings. The van der Waals surface area contributed by atoms with Crippen LogP contribution in [0.15, 0.2) is 24.5 Å². The number of aromatic nitrogens is 1. The molecule has 1 aromatic heterocycles. The molecule has 0 aliphatic heterocycles. The summed E-state index contributed by atoms with van der Waals surface area (Å²) in [7, 11) is -0.650. The van der Waals surface area contributed by atoms with E-state index in [9.17, 15) is 4.21 Å². The molecule has 4 heteroatoms. The third-order valence-corrected chi connectivity index (χ3v) is 3.45. The summed E-state index contributed by atoms with van der Waals surface area (Å²) in [5, 5.41) is 3.28. The zero-order valence-corrected chi connectivity index (χ0v) is 9.93. The van der Waals surface area contributed by atoms with Crippen molar-refractivity contribution in [2.24, 2.45) is 0 Å². The predicted molar refractivity (Wildman–Crippen MR) is 64.4 cm³/mol. The quantitative estimate of drug-likeness (QED) is 0.705. The molecule has 1 rings (SSSR count). The number of rotatable bonds is 7. The van der Waals surface area contributed by atoms with Crippen molar-refractivity contribution in [3.8, 4) is 0 Å². The first-order valence-corrected chi connectivity index (χ1v) is 6.76. The largest absolute Gasteiger partial charge is 0.315 e. The molecule has 15 heavy (non-hydrogen) atoms. The smallest absolute Gasteiger partial charge is 0.0359 e. The summed E-state index contributed by atoms with van der Waals surface area (Å²) in [5.74, 6) is 1.51. The van der Waals surface area contributed by atoms with Crippen molar-refractivity contribution in [1.29, 1.82) is 0 Å². The maximum atomic E-state index is 11.1. The average molecular weight is 226 g/mol. The van der Waals surface area contributed by atoms with E-state index >= 15 is 0 Å². The van der Waals surface area contributed by atoms with E-state index in [2.05, 4.69) is 16.4 Å². The van der Waals surface area contributed by atoms with Gasteiger partial charge in [0, 0.05) is 41.2 Å². The summed E-state index contributed by atoms with van der Waals surface area (Å²) in [5.41, 5.74) is 1.24. The first-order valence-electron chi connectivity index (χ1n) is 5.27. The Balaban J connectivity index is 2.05. The fourth-order valence-electron chi connectivity index (χ4n) is 1.23. The van der Waals surface area contributed by atoms with Gasteiger partial charge in [0.1, 0.15) is 0 Å².